The molecule has 17 heteroatoms. The Balaban J connectivity index is 3.31. The monoisotopic (exact) mass is 584 g/mol. The van der Waals surface area contributed by atoms with Crippen molar-refractivity contribution >= 4 is 19.6 Å². The number of rotatable bonds is 15. The van der Waals surface area contributed by atoms with E-state index >= 15 is 4.39 Å². The van der Waals surface area contributed by atoms with Crippen LogP contribution in [0.2, 0.25) is 0 Å². The molecular weight excluding hydrogens is 546 g/mol. The summed E-state index contributed by atoms with van der Waals surface area (Å²) < 4.78 is 50.1. The first-order chi connectivity index (χ1) is 17.8. The largest absolute Gasteiger partial charge is 0.462 e. The number of methoxy groups -OCH3 is 1. The zero-order valence-corrected chi connectivity index (χ0v) is 24.0. The molecule has 0 aliphatic heterocycles. The number of esters is 2. The van der Waals surface area contributed by atoms with E-state index in [1.54, 1.807) is 27.7 Å². The molecule has 5 N–H and O–H groups in total. The standard InChI is InChI=1S/C22H38FN4O11P/c1-12(2)37-17(29)14(5)25-39(34,26-15(6)18(30)38-13(3)4)36-11-22(23,35-8)19(31)21(7,33)27-10-9-16(28)24-20(27)32/h9-10,12-15,19,31,33H,11H2,1-8H3,(H,24,28,32)(H2,25,26,34)/t14?,15?,19-,21+,22+,39?/m0/s1. The number of halogens is 1. The number of H-pyrrole nitrogens is 1. The van der Waals surface area contributed by atoms with Crippen molar-refractivity contribution in [2.45, 2.75) is 90.4 Å². The van der Waals surface area contributed by atoms with Crippen LogP contribution in [-0.2, 0) is 38.6 Å². The maximum absolute atomic E-state index is 15.9. The molecule has 15 nitrogen and oxygen atoms in total. The molecule has 224 valence electrons. The normalized spacial score (nSPS) is 18.9. The molecule has 0 spiro atoms. The van der Waals surface area contributed by atoms with Crippen LogP contribution in [0.3, 0.4) is 0 Å². The summed E-state index contributed by atoms with van der Waals surface area (Å²) in [7, 11) is -3.75. The first kappa shape index (κ1) is 34.6. The number of ether oxygens (including phenoxy) is 3. The average Bonchev–Trinajstić information content (AvgIpc) is 2.80. The Labute approximate surface area is 224 Å². The second-order valence-electron chi connectivity index (χ2n) is 9.46. The van der Waals surface area contributed by atoms with Crippen LogP contribution in [0.15, 0.2) is 21.9 Å². The minimum atomic E-state index is -4.55. The van der Waals surface area contributed by atoms with Crippen molar-refractivity contribution in [3.8, 4) is 0 Å². The third-order valence-electron chi connectivity index (χ3n) is 5.16. The highest BCUT2D eigenvalue weighted by Crippen LogP contribution is 2.42. The number of nitrogens with one attached hydrogen (secondary N) is 3. The summed E-state index contributed by atoms with van der Waals surface area (Å²) in [6.45, 7) is 8.39. The van der Waals surface area contributed by atoms with Gasteiger partial charge in [0.1, 0.15) is 18.7 Å². The zero-order chi connectivity index (χ0) is 30.3. The summed E-state index contributed by atoms with van der Waals surface area (Å²) in [6.07, 6.45) is -2.79. The summed E-state index contributed by atoms with van der Waals surface area (Å²) in [5.74, 6) is -5.01. The van der Waals surface area contributed by atoms with Gasteiger partial charge in [0.15, 0.2) is 11.8 Å². The van der Waals surface area contributed by atoms with Crippen molar-refractivity contribution in [2.24, 2.45) is 0 Å². The number of aliphatic hydroxyl groups is 2. The highest BCUT2D eigenvalue weighted by molar-refractivity contribution is 7.54. The van der Waals surface area contributed by atoms with Crippen molar-refractivity contribution < 1.29 is 47.5 Å². The summed E-state index contributed by atoms with van der Waals surface area (Å²) in [5, 5.41) is 26.2. The fourth-order valence-electron chi connectivity index (χ4n) is 3.14. The van der Waals surface area contributed by atoms with Gasteiger partial charge in [0.25, 0.3) is 11.4 Å². The number of carbonyl (C=O) groups excluding carboxylic acids is 2. The van der Waals surface area contributed by atoms with E-state index in [-0.39, 0.29) is 0 Å². The molecule has 1 rings (SSSR count). The lowest BCUT2D eigenvalue weighted by atomic mass is 10.0. The number of hydrogen-bond donors (Lipinski definition) is 5. The van der Waals surface area contributed by atoms with Gasteiger partial charge in [-0.15, -0.1) is 0 Å². The molecule has 2 unspecified atom stereocenters. The van der Waals surface area contributed by atoms with Crippen LogP contribution in [0.1, 0.15) is 48.5 Å². The van der Waals surface area contributed by atoms with Crippen molar-refractivity contribution in [1.82, 2.24) is 19.7 Å². The smallest absolute Gasteiger partial charge is 0.342 e. The molecule has 0 fully saturated rings. The molecule has 1 aromatic rings. The van der Waals surface area contributed by atoms with E-state index in [4.69, 9.17) is 18.7 Å². The van der Waals surface area contributed by atoms with Crippen LogP contribution in [0.25, 0.3) is 0 Å². The van der Waals surface area contributed by atoms with Gasteiger partial charge < -0.3 is 24.4 Å². The molecule has 0 radical (unpaired) electrons. The molecule has 0 aliphatic carbocycles. The number of aromatic nitrogens is 2. The lowest BCUT2D eigenvalue weighted by Gasteiger charge is -2.39. The van der Waals surface area contributed by atoms with Gasteiger partial charge in [0, 0.05) is 19.4 Å². The van der Waals surface area contributed by atoms with E-state index in [2.05, 4.69) is 10.2 Å². The van der Waals surface area contributed by atoms with E-state index in [1.807, 2.05) is 4.98 Å². The molecule has 1 heterocycles. The maximum atomic E-state index is 15.9. The fraction of sp³-hybridized carbons (Fsp3) is 0.727. The Hall–Kier alpha value is -2.46. The molecule has 5 atom stereocenters. The molecule has 0 aliphatic rings. The first-order valence-corrected chi connectivity index (χ1v) is 13.6. The lowest BCUT2D eigenvalue weighted by Crippen LogP contribution is -2.59. The van der Waals surface area contributed by atoms with E-state index < -0.39 is 79.4 Å². The number of nitrogens with zero attached hydrogens (tertiary/aromatic N) is 1. The molecule has 0 amide bonds. The third kappa shape index (κ3) is 9.60. The molecular formula is C22H38FN4O11P. The number of aromatic amines is 1. The molecule has 0 aromatic carbocycles. The van der Waals surface area contributed by atoms with Gasteiger partial charge in [-0.3, -0.25) is 33.0 Å². The van der Waals surface area contributed by atoms with E-state index in [1.165, 1.54) is 13.8 Å². The van der Waals surface area contributed by atoms with E-state index in [9.17, 15) is 34.0 Å². The van der Waals surface area contributed by atoms with Gasteiger partial charge in [-0.05, 0) is 48.5 Å². The predicted octanol–water partition coefficient (Wildman–Crippen LogP) is -0.141. The average molecular weight is 585 g/mol. The van der Waals surface area contributed by atoms with Crippen LogP contribution in [-0.4, -0.2) is 81.7 Å². The van der Waals surface area contributed by atoms with Crippen molar-refractivity contribution in [3.63, 3.8) is 0 Å². The Bertz CT molecular complexity index is 1120. The molecule has 0 bridgehead atoms. The number of aliphatic hydroxyl groups excluding tert-OH is 1. The van der Waals surface area contributed by atoms with Crippen molar-refractivity contribution in [3.05, 3.63) is 33.1 Å². The predicted molar refractivity (Wildman–Crippen MR) is 135 cm³/mol. The van der Waals surface area contributed by atoms with Gasteiger partial charge in [0.2, 0.25) is 0 Å². The fourth-order valence-corrected chi connectivity index (χ4v) is 4.95. The van der Waals surface area contributed by atoms with Crippen LogP contribution in [0.5, 0.6) is 0 Å². The quantitative estimate of drug-likeness (QED) is 0.135. The topological polar surface area (TPSA) is 208 Å². The van der Waals surface area contributed by atoms with E-state index in [0.717, 1.165) is 26.3 Å². The van der Waals surface area contributed by atoms with Crippen LogP contribution in [0, 0.1) is 0 Å². The third-order valence-corrected chi connectivity index (χ3v) is 7.11. The summed E-state index contributed by atoms with van der Waals surface area (Å²) >= 11 is 0. The maximum Gasteiger partial charge on any atom is 0.342 e. The van der Waals surface area contributed by atoms with Crippen LogP contribution in [0.4, 0.5) is 4.39 Å². The second kappa shape index (κ2) is 13.7. The minimum Gasteiger partial charge on any atom is -0.462 e. The highest BCUT2D eigenvalue weighted by atomic mass is 31.2. The number of carbonyl (C=O) groups is 2. The first-order valence-electron chi connectivity index (χ1n) is 12.0. The Kier molecular flexibility index (Phi) is 12.2. The zero-order valence-electron chi connectivity index (χ0n) is 23.1. The Morgan fingerprint density at radius 2 is 1.54 bits per heavy atom. The van der Waals surface area contributed by atoms with Crippen molar-refractivity contribution in [1.29, 1.82) is 0 Å². The van der Waals surface area contributed by atoms with E-state index in [0.29, 0.717) is 4.57 Å². The SMILES string of the molecule is CO[C@](F)(COP(=O)(NC(C)C(=O)OC(C)C)NC(C)C(=O)OC(C)C)[C@@H](O)[C@@](C)(O)n1ccc(=O)[nH]c1=O. The summed E-state index contributed by atoms with van der Waals surface area (Å²) in [4.78, 5) is 49.9. The Morgan fingerprint density at radius 1 is 1.08 bits per heavy atom. The highest BCUT2D eigenvalue weighted by Gasteiger charge is 2.52. The molecule has 0 saturated heterocycles. The van der Waals surface area contributed by atoms with Gasteiger partial charge >= 0.3 is 25.3 Å². The second-order valence-corrected chi connectivity index (χ2v) is 11.3. The lowest BCUT2D eigenvalue weighted by molar-refractivity contribution is -0.272. The molecule has 39 heavy (non-hydrogen) atoms. The minimum absolute atomic E-state index is 0.441. The number of alkyl halides is 1. The molecule has 1 aromatic heterocycles. The van der Waals surface area contributed by atoms with Gasteiger partial charge in [-0.2, -0.15) is 0 Å². The van der Waals surface area contributed by atoms with Gasteiger partial charge in [0.05, 0.1) is 12.2 Å². The summed E-state index contributed by atoms with van der Waals surface area (Å²) in [5.41, 5.74) is -4.70. The number of hydrogen-bond acceptors (Lipinski definition) is 11. The van der Waals surface area contributed by atoms with Crippen LogP contribution < -0.4 is 21.4 Å². The summed E-state index contributed by atoms with van der Waals surface area (Å²) in [6, 6.07) is -1.73. The van der Waals surface area contributed by atoms with Gasteiger partial charge in [-0.1, -0.05) is 0 Å². The van der Waals surface area contributed by atoms with Gasteiger partial charge in [-0.25, -0.2) is 19.4 Å². The van der Waals surface area contributed by atoms with Crippen molar-refractivity contribution in [2.75, 3.05) is 13.7 Å². The van der Waals surface area contributed by atoms with Crippen LogP contribution >= 0.6 is 7.67 Å². The molecule has 0 saturated carbocycles. The Morgan fingerprint density at radius 3 is 1.92 bits per heavy atom.